The number of carbonyl (C=O) groups excluding carboxylic acids is 2. The highest BCUT2D eigenvalue weighted by atomic mass is 19.1. The summed E-state index contributed by atoms with van der Waals surface area (Å²) in [5.74, 6) is -0.958. The quantitative estimate of drug-likeness (QED) is 0.880. The Balaban J connectivity index is 1.61. The van der Waals surface area contributed by atoms with Crippen LogP contribution in [0.15, 0.2) is 48.5 Å². The molecule has 2 heterocycles. The first-order valence-corrected chi connectivity index (χ1v) is 9.37. The Morgan fingerprint density at radius 1 is 0.893 bits per heavy atom. The van der Waals surface area contributed by atoms with Gasteiger partial charge in [0, 0.05) is 6.54 Å². The van der Waals surface area contributed by atoms with E-state index in [9.17, 15) is 18.4 Å². The maximum atomic E-state index is 13.2. The van der Waals surface area contributed by atoms with Crippen LogP contribution in [-0.2, 0) is 17.9 Å². The molecule has 5 nitrogen and oxygen atoms in total. The minimum absolute atomic E-state index is 0.0861. The zero-order valence-electron chi connectivity index (χ0n) is 15.3. The number of benzene rings is 2. The third-order valence-corrected chi connectivity index (χ3v) is 5.35. The second-order valence-corrected chi connectivity index (χ2v) is 7.23. The number of imide groups is 1. The van der Waals surface area contributed by atoms with Crippen molar-refractivity contribution in [2.24, 2.45) is 0 Å². The molecule has 3 amide bonds. The van der Waals surface area contributed by atoms with Gasteiger partial charge in [-0.25, -0.2) is 13.6 Å². The first-order chi connectivity index (χ1) is 13.5. The van der Waals surface area contributed by atoms with Crippen molar-refractivity contribution in [3.8, 4) is 0 Å². The molecule has 0 radical (unpaired) electrons. The molecule has 1 N–H and O–H groups in total. The summed E-state index contributed by atoms with van der Waals surface area (Å²) < 4.78 is 26.4. The molecule has 2 aromatic rings. The lowest BCUT2D eigenvalue weighted by Gasteiger charge is -2.47. The minimum Gasteiger partial charge on any atom is -0.315 e. The van der Waals surface area contributed by atoms with Crippen molar-refractivity contribution in [1.82, 2.24) is 15.1 Å². The van der Waals surface area contributed by atoms with Gasteiger partial charge in [-0.1, -0.05) is 24.3 Å². The average molecular weight is 385 g/mol. The molecule has 7 heteroatoms. The predicted octanol–water partition coefficient (Wildman–Crippen LogP) is 3.05. The number of amides is 3. The fourth-order valence-electron chi connectivity index (χ4n) is 3.91. The van der Waals surface area contributed by atoms with Gasteiger partial charge in [0.05, 0.1) is 12.6 Å². The van der Waals surface area contributed by atoms with E-state index in [1.165, 1.54) is 29.2 Å². The molecule has 2 fully saturated rings. The lowest BCUT2D eigenvalue weighted by Crippen LogP contribution is -2.68. The molecule has 0 spiro atoms. The molecular formula is C21H21F2N3O2. The van der Waals surface area contributed by atoms with Crippen molar-refractivity contribution in [2.45, 2.75) is 38.0 Å². The second-order valence-electron chi connectivity index (χ2n) is 7.23. The smallest absolute Gasteiger partial charge is 0.315 e. The Morgan fingerprint density at radius 2 is 1.46 bits per heavy atom. The summed E-state index contributed by atoms with van der Waals surface area (Å²) in [6.07, 6.45) is 1.61. The Bertz CT molecular complexity index is 870. The van der Waals surface area contributed by atoms with Gasteiger partial charge in [-0.3, -0.25) is 9.69 Å². The molecule has 2 unspecified atom stereocenters. The van der Waals surface area contributed by atoms with Crippen molar-refractivity contribution in [2.75, 3.05) is 6.54 Å². The van der Waals surface area contributed by atoms with Crippen molar-refractivity contribution in [3.63, 3.8) is 0 Å². The highest BCUT2D eigenvalue weighted by Gasteiger charge is 2.46. The zero-order chi connectivity index (χ0) is 19.7. The van der Waals surface area contributed by atoms with Crippen molar-refractivity contribution in [1.29, 1.82) is 0 Å². The number of hydrogen-bond donors (Lipinski definition) is 1. The molecule has 0 bridgehead atoms. The van der Waals surface area contributed by atoms with Crippen LogP contribution in [-0.4, -0.2) is 40.4 Å². The van der Waals surface area contributed by atoms with Crippen molar-refractivity contribution in [3.05, 3.63) is 71.3 Å². The van der Waals surface area contributed by atoms with Crippen LogP contribution >= 0.6 is 0 Å². The van der Waals surface area contributed by atoms with Gasteiger partial charge in [0.15, 0.2) is 0 Å². The molecule has 2 aliphatic rings. The third kappa shape index (κ3) is 3.62. The summed E-state index contributed by atoms with van der Waals surface area (Å²) in [6, 6.07) is 10.7. The van der Waals surface area contributed by atoms with E-state index in [-0.39, 0.29) is 36.2 Å². The van der Waals surface area contributed by atoms with E-state index in [1.807, 2.05) is 0 Å². The van der Waals surface area contributed by atoms with E-state index in [0.717, 1.165) is 24.9 Å². The zero-order valence-corrected chi connectivity index (χ0v) is 15.3. The van der Waals surface area contributed by atoms with Crippen LogP contribution in [0.4, 0.5) is 13.6 Å². The van der Waals surface area contributed by atoms with E-state index in [4.69, 9.17) is 0 Å². The van der Waals surface area contributed by atoms with Gasteiger partial charge in [0.25, 0.3) is 0 Å². The molecular weight excluding hydrogens is 364 g/mol. The Labute approximate surface area is 161 Å². The number of fused-ring (bicyclic) bond motifs is 1. The van der Waals surface area contributed by atoms with Gasteiger partial charge in [-0.2, -0.15) is 0 Å². The lowest BCUT2D eigenvalue weighted by atomic mass is 9.93. The maximum Gasteiger partial charge on any atom is 0.327 e. The number of hydrogen-bond acceptors (Lipinski definition) is 3. The number of nitrogens with one attached hydrogen (secondary N) is 1. The molecule has 0 saturated carbocycles. The summed E-state index contributed by atoms with van der Waals surface area (Å²) in [6.45, 7) is 1.10. The molecule has 2 aliphatic heterocycles. The van der Waals surface area contributed by atoms with E-state index in [2.05, 4.69) is 5.32 Å². The SMILES string of the molecule is O=C1C2NCCCC2N(Cc2ccc(F)cc2)C(=O)N1Cc1ccc(F)cc1. The fourth-order valence-corrected chi connectivity index (χ4v) is 3.91. The van der Waals surface area contributed by atoms with Crippen LogP contribution in [0.1, 0.15) is 24.0 Å². The van der Waals surface area contributed by atoms with E-state index in [1.54, 1.807) is 29.2 Å². The Morgan fingerprint density at radius 3 is 2.07 bits per heavy atom. The number of rotatable bonds is 4. The van der Waals surface area contributed by atoms with Crippen LogP contribution < -0.4 is 5.32 Å². The van der Waals surface area contributed by atoms with E-state index < -0.39 is 6.04 Å². The normalized spacial score (nSPS) is 22.4. The summed E-state index contributed by atoms with van der Waals surface area (Å²) in [7, 11) is 0. The Hall–Kier alpha value is -2.80. The first kappa shape index (κ1) is 18.6. The number of halogens is 2. The Kier molecular flexibility index (Phi) is 5.09. The topological polar surface area (TPSA) is 52.7 Å². The van der Waals surface area contributed by atoms with Crippen LogP contribution in [0.5, 0.6) is 0 Å². The van der Waals surface area contributed by atoms with Gasteiger partial charge in [0.2, 0.25) is 5.91 Å². The van der Waals surface area contributed by atoms with Gasteiger partial charge < -0.3 is 10.2 Å². The fraction of sp³-hybridized carbons (Fsp3) is 0.333. The van der Waals surface area contributed by atoms with E-state index in [0.29, 0.717) is 12.1 Å². The van der Waals surface area contributed by atoms with Gasteiger partial charge >= 0.3 is 6.03 Å². The molecule has 2 aromatic carbocycles. The lowest BCUT2D eigenvalue weighted by molar-refractivity contribution is -0.137. The van der Waals surface area contributed by atoms with E-state index >= 15 is 0 Å². The van der Waals surface area contributed by atoms with Crippen LogP contribution in [0.3, 0.4) is 0 Å². The summed E-state index contributed by atoms with van der Waals surface area (Å²) >= 11 is 0. The van der Waals surface area contributed by atoms with Gasteiger partial charge in [-0.15, -0.1) is 0 Å². The highest BCUT2D eigenvalue weighted by molar-refractivity contribution is 6.00. The number of piperidine rings is 1. The number of nitrogens with zero attached hydrogens (tertiary/aromatic N) is 2. The largest absolute Gasteiger partial charge is 0.327 e. The second kappa shape index (κ2) is 7.67. The highest BCUT2D eigenvalue weighted by Crippen LogP contribution is 2.27. The number of carbonyl (C=O) groups is 2. The van der Waals surface area contributed by atoms with Crippen molar-refractivity contribution < 1.29 is 18.4 Å². The molecule has 0 aromatic heterocycles. The van der Waals surface area contributed by atoms with Crippen LogP contribution in [0, 0.1) is 11.6 Å². The maximum absolute atomic E-state index is 13.2. The summed E-state index contributed by atoms with van der Waals surface area (Å²) in [4.78, 5) is 29.1. The standard InChI is InChI=1S/C21H21F2N3O2/c22-16-7-3-14(4-8-16)12-25-18-2-1-11-24-19(18)20(27)26(21(25)28)13-15-5-9-17(23)10-6-15/h3-10,18-19,24H,1-2,11-13H2. The van der Waals surface area contributed by atoms with Crippen LogP contribution in [0.25, 0.3) is 0 Å². The van der Waals surface area contributed by atoms with Crippen molar-refractivity contribution >= 4 is 11.9 Å². The van der Waals surface area contributed by atoms with Gasteiger partial charge in [-0.05, 0) is 54.8 Å². The molecule has 2 saturated heterocycles. The average Bonchev–Trinajstić information content (AvgIpc) is 2.71. The molecule has 4 rings (SSSR count). The molecule has 146 valence electrons. The van der Waals surface area contributed by atoms with Gasteiger partial charge in [0.1, 0.15) is 17.7 Å². The van der Waals surface area contributed by atoms with Crippen LogP contribution in [0.2, 0.25) is 0 Å². The number of urea groups is 1. The summed E-state index contributed by atoms with van der Waals surface area (Å²) in [5, 5.41) is 3.24. The molecule has 0 aliphatic carbocycles. The molecule has 2 atom stereocenters. The molecule has 28 heavy (non-hydrogen) atoms. The third-order valence-electron chi connectivity index (χ3n) is 5.35. The predicted molar refractivity (Wildman–Crippen MR) is 99.1 cm³/mol. The minimum atomic E-state index is -0.465. The first-order valence-electron chi connectivity index (χ1n) is 9.37. The summed E-state index contributed by atoms with van der Waals surface area (Å²) in [5.41, 5.74) is 1.48. The monoisotopic (exact) mass is 385 g/mol.